The van der Waals surface area contributed by atoms with E-state index in [0.717, 1.165) is 0 Å². The Kier molecular flexibility index (Phi) is 3.25. The molecule has 2 aliphatic rings. The van der Waals surface area contributed by atoms with Crippen LogP contribution in [0, 0.1) is 0 Å². The van der Waals surface area contributed by atoms with Crippen molar-refractivity contribution in [2.45, 2.75) is 37.3 Å². The Balaban J connectivity index is 1.79. The van der Waals surface area contributed by atoms with Crippen molar-refractivity contribution in [3.63, 3.8) is 0 Å². The van der Waals surface area contributed by atoms with Crippen molar-refractivity contribution in [2.24, 2.45) is 0 Å². The fraction of sp³-hybridized carbons (Fsp3) is 0.615. The molecule has 0 saturated carbocycles. The fourth-order valence-corrected chi connectivity index (χ4v) is 3.19. The van der Waals surface area contributed by atoms with E-state index in [1.165, 1.54) is 10.9 Å². The maximum absolute atomic E-state index is 10.2. The number of anilines is 1. The summed E-state index contributed by atoms with van der Waals surface area (Å²) in [5.41, 5.74) is 1.02. The zero-order valence-electron chi connectivity index (χ0n) is 12.4. The number of aromatic nitrogens is 4. The molecule has 0 spiro atoms. The standard InChI is InChI=1S/C13H18N5O5/c1-16-7(20)2-17-4-15-11-8(12(16)17)14-5-18(11)13-10(22)9(21)6(3-19)23-13/h4-7,9-10,13,19-22H,2-3H2,1H3/q+1/t6-,7?,9-,10-,13-/m1/s1. The van der Waals surface area contributed by atoms with Crippen molar-refractivity contribution in [3.8, 4) is 0 Å². The number of hydrogen-bond donors (Lipinski definition) is 4. The number of hydrogen-bond acceptors (Lipinski definition) is 8. The third-order valence-electron chi connectivity index (χ3n) is 4.50. The van der Waals surface area contributed by atoms with Crippen LogP contribution in [-0.4, -0.2) is 73.2 Å². The minimum Gasteiger partial charge on any atom is -0.394 e. The van der Waals surface area contributed by atoms with Crippen molar-refractivity contribution in [3.05, 3.63) is 12.7 Å². The Morgan fingerprint density at radius 3 is 2.78 bits per heavy atom. The largest absolute Gasteiger partial charge is 0.394 e. The molecule has 2 aromatic rings. The van der Waals surface area contributed by atoms with Crippen LogP contribution in [0.3, 0.4) is 0 Å². The summed E-state index contributed by atoms with van der Waals surface area (Å²) in [6.45, 7) is 0.00442. The second-order valence-electron chi connectivity index (χ2n) is 5.86. The second kappa shape index (κ2) is 5.08. The van der Waals surface area contributed by atoms with E-state index in [1.54, 1.807) is 22.8 Å². The number of nitrogens with zero attached hydrogens (tertiary/aromatic N) is 5. The molecule has 4 rings (SSSR count). The van der Waals surface area contributed by atoms with E-state index in [-0.39, 0.29) is 0 Å². The third-order valence-corrected chi connectivity index (χ3v) is 4.50. The summed E-state index contributed by atoms with van der Waals surface area (Å²) in [7, 11) is 1.76. The summed E-state index contributed by atoms with van der Waals surface area (Å²) < 4.78 is 8.84. The van der Waals surface area contributed by atoms with Gasteiger partial charge in [0.2, 0.25) is 18.2 Å². The van der Waals surface area contributed by atoms with E-state index in [0.29, 0.717) is 23.5 Å². The van der Waals surface area contributed by atoms with Crippen molar-refractivity contribution in [1.29, 1.82) is 0 Å². The molecule has 10 nitrogen and oxygen atoms in total. The van der Waals surface area contributed by atoms with Gasteiger partial charge < -0.3 is 25.2 Å². The highest BCUT2D eigenvalue weighted by Crippen LogP contribution is 2.33. The summed E-state index contributed by atoms with van der Waals surface area (Å²) in [5, 5.41) is 39.2. The number of imidazole rings is 1. The number of aliphatic hydroxyl groups is 4. The first kappa shape index (κ1) is 14.7. The molecule has 4 heterocycles. The van der Waals surface area contributed by atoms with Crippen molar-refractivity contribution < 1.29 is 29.7 Å². The van der Waals surface area contributed by atoms with Crippen LogP contribution in [0.4, 0.5) is 5.82 Å². The minimum atomic E-state index is -1.20. The van der Waals surface area contributed by atoms with E-state index in [2.05, 4.69) is 9.97 Å². The molecule has 23 heavy (non-hydrogen) atoms. The van der Waals surface area contributed by atoms with Crippen LogP contribution in [0.5, 0.6) is 0 Å². The topological polar surface area (TPSA) is 128 Å². The monoisotopic (exact) mass is 324 g/mol. The molecule has 0 radical (unpaired) electrons. The van der Waals surface area contributed by atoms with Gasteiger partial charge in [0.25, 0.3) is 5.82 Å². The van der Waals surface area contributed by atoms with Crippen LogP contribution < -0.4 is 9.47 Å². The molecule has 1 saturated heterocycles. The van der Waals surface area contributed by atoms with Gasteiger partial charge in [-0.05, 0) is 0 Å². The van der Waals surface area contributed by atoms with Gasteiger partial charge in [-0.1, -0.05) is 4.98 Å². The molecular weight excluding hydrogens is 306 g/mol. The van der Waals surface area contributed by atoms with Crippen LogP contribution in [0.15, 0.2) is 12.7 Å². The Bertz CT molecular complexity index is 752. The molecule has 2 aromatic heterocycles. The number of likely N-dealkylation sites (N-methyl/N-ethyl adjacent to an activating group) is 1. The lowest BCUT2D eigenvalue weighted by molar-refractivity contribution is -0.679. The average molecular weight is 324 g/mol. The second-order valence-corrected chi connectivity index (χ2v) is 5.86. The first-order valence-corrected chi connectivity index (χ1v) is 7.31. The maximum atomic E-state index is 10.2. The van der Waals surface area contributed by atoms with Crippen molar-refractivity contribution in [1.82, 2.24) is 14.5 Å². The lowest BCUT2D eigenvalue weighted by Gasteiger charge is -2.15. The maximum Gasteiger partial charge on any atom is 0.257 e. The van der Waals surface area contributed by atoms with Gasteiger partial charge in [0, 0.05) is 0 Å². The Morgan fingerprint density at radius 1 is 1.30 bits per heavy atom. The minimum absolute atomic E-state index is 0.394. The van der Waals surface area contributed by atoms with Gasteiger partial charge >= 0.3 is 0 Å². The third kappa shape index (κ3) is 1.96. The molecular formula is C13H18N5O5+. The number of ether oxygens (including phenoxy) is 1. The summed E-state index contributed by atoms with van der Waals surface area (Å²) in [6, 6.07) is 0. The van der Waals surface area contributed by atoms with E-state index >= 15 is 0 Å². The first-order chi connectivity index (χ1) is 11.0. The zero-order valence-corrected chi connectivity index (χ0v) is 12.4. The Labute approximate surface area is 130 Å². The molecule has 1 fully saturated rings. The highest BCUT2D eigenvalue weighted by atomic mass is 16.6. The smallest absolute Gasteiger partial charge is 0.257 e. The fourth-order valence-electron chi connectivity index (χ4n) is 3.19. The Morgan fingerprint density at radius 2 is 2.09 bits per heavy atom. The predicted octanol–water partition coefficient (Wildman–Crippen LogP) is -2.90. The molecule has 0 amide bonds. The van der Waals surface area contributed by atoms with Crippen LogP contribution in [-0.2, 0) is 11.3 Å². The molecule has 10 heteroatoms. The average Bonchev–Trinajstić information content (AvgIpc) is 3.17. The normalized spacial score (nSPS) is 33.6. The van der Waals surface area contributed by atoms with Crippen molar-refractivity contribution >= 4 is 17.0 Å². The highest BCUT2D eigenvalue weighted by Gasteiger charge is 2.45. The summed E-state index contributed by atoms with van der Waals surface area (Å²) in [4.78, 5) is 10.3. The predicted molar refractivity (Wildman–Crippen MR) is 75.1 cm³/mol. The van der Waals surface area contributed by atoms with E-state index in [9.17, 15) is 20.4 Å². The molecule has 4 N–H and O–H groups in total. The lowest BCUT2D eigenvalue weighted by atomic mass is 10.1. The highest BCUT2D eigenvalue weighted by molar-refractivity contribution is 5.81. The van der Waals surface area contributed by atoms with E-state index in [4.69, 9.17) is 4.74 Å². The quantitative estimate of drug-likeness (QED) is 0.433. The van der Waals surface area contributed by atoms with Crippen LogP contribution >= 0.6 is 0 Å². The van der Waals surface area contributed by atoms with Gasteiger partial charge in [0.15, 0.2) is 11.7 Å². The summed E-state index contributed by atoms with van der Waals surface area (Å²) in [5.74, 6) is 0.716. The molecule has 0 aromatic carbocycles. The lowest BCUT2D eigenvalue weighted by Crippen LogP contribution is -2.34. The zero-order chi connectivity index (χ0) is 16.3. The van der Waals surface area contributed by atoms with Gasteiger partial charge in [-0.2, -0.15) is 0 Å². The van der Waals surface area contributed by atoms with Crippen molar-refractivity contribution in [2.75, 3.05) is 18.6 Å². The van der Waals surface area contributed by atoms with Gasteiger partial charge in [-0.15, -0.1) is 0 Å². The SMILES string of the molecule is CN1c2c3ncn([C@@H]4O[C@H](CO)[C@@H](O)[C@H]4O)c3nc[n+]2CC1O. The molecule has 124 valence electrons. The molecule has 5 atom stereocenters. The summed E-state index contributed by atoms with van der Waals surface area (Å²) >= 11 is 0. The molecule has 1 unspecified atom stereocenters. The Hall–Kier alpha value is -1.85. The van der Waals surface area contributed by atoms with Crippen LogP contribution in [0.2, 0.25) is 0 Å². The van der Waals surface area contributed by atoms with Gasteiger partial charge in [-0.25, -0.2) is 9.55 Å². The van der Waals surface area contributed by atoms with E-state index in [1.807, 2.05) is 0 Å². The van der Waals surface area contributed by atoms with Gasteiger partial charge in [0.1, 0.15) is 31.2 Å². The number of aliphatic hydroxyl groups excluding tert-OH is 4. The number of rotatable bonds is 2. The van der Waals surface area contributed by atoms with Gasteiger partial charge in [-0.3, -0.25) is 9.47 Å². The summed E-state index contributed by atoms with van der Waals surface area (Å²) in [6.07, 6.45) is -1.73. The van der Waals surface area contributed by atoms with E-state index < -0.39 is 37.4 Å². The molecule has 0 aliphatic carbocycles. The van der Waals surface area contributed by atoms with Crippen LogP contribution in [0.1, 0.15) is 6.23 Å². The molecule has 2 aliphatic heterocycles. The van der Waals surface area contributed by atoms with Gasteiger partial charge in [0.05, 0.1) is 13.7 Å². The molecule has 0 bridgehead atoms. The van der Waals surface area contributed by atoms with Crippen LogP contribution in [0.25, 0.3) is 11.2 Å². The number of fused-ring (bicyclic) bond motifs is 3. The first-order valence-electron chi connectivity index (χ1n) is 7.31.